The number of hydrogen-bond acceptors (Lipinski definition) is 8. The molecule has 0 aromatic heterocycles. The van der Waals surface area contributed by atoms with Gasteiger partial charge in [0.05, 0.1) is 13.2 Å². The maximum absolute atomic E-state index is 12.8. The molecule has 0 amide bonds. The number of rotatable bonds is 73. The van der Waals surface area contributed by atoms with Crippen molar-refractivity contribution in [3.05, 3.63) is 122 Å². The lowest BCUT2D eigenvalue weighted by atomic mass is 10.0. The van der Waals surface area contributed by atoms with E-state index in [4.69, 9.17) is 24.3 Å². The number of nitrogens with two attached hydrogens (primary N) is 1. The van der Waals surface area contributed by atoms with Crippen LogP contribution in [-0.4, -0.2) is 49.3 Å². The average molecular weight is 1320 g/mol. The number of carbonyl (C=O) groups is 2. The first-order chi connectivity index (χ1) is 45.8. The van der Waals surface area contributed by atoms with Crippen molar-refractivity contribution in [2.75, 3.05) is 26.4 Å². The molecule has 3 N–H and O–H groups in total. The van der Waals surface area contributed by atoms with Crippen LogP contribution in [0.1, 0.15) is 361 Å². The fraction of sp³-hybridized carbons (Fsp3) is 0.735. The summed E-state index contributed by atoms with van der Waals surface area (Å²) in [7, 11) is -4.40. The van der Waals surface area contributed by atoms with E-state index in [1.807, 2.05) is 0 Å². The zero-order chi connectivity index (χ0) is 67.2. The number of allylic oxidation sites excluding steroid dienone is 20. The van der Waals surface area contributed by atoms with Crippen LogP contribution in [0.25, 0.3) is 0 Å². The Morgan fingerprint density at radius 2 is 0.591 bits per heavy atom. The van der Waals surface area contributed by atoms with Gasteiger partial charge in [-0.15, -0.1) is 0 Å². The summed E-state index contributed by atoms with van der Waals surface area (Å²) in [5.41, 5.74) is 5.41. The normalized spacial score (nSPS) is 13.5. The lowest BCUT2D eigenvalue weighted by molar-refractivity contribution is -0.161. The number of hydrogen-bond donors (Lipinski definition) is 2. The van der Waals surface area contributed by atoms with Gasteiger partial charge >= 0.3 is 19.8 Å². The van der Waals surface area contributed by atoms with E-state index in [1.54, 1.807) is 0 Å². The molecule has 0 saturated carbocycles. The molecule has 0 aromatic rings. The maximum Gasteiger partial charge on any atom is 0.472 e. The Morgan fingerprint density at radius 3 is 0.892 bits per heavy atom. The van der Waals surface area contributed by atoms with Crippen LogP contribution in [0.2, 0.25) is 0 Å². The molecule has 0 heterocycles. The molecule has 10 heteroatoms. The summed E-state index contributed by atoms with van der Waals surface area (Å²) in [6, 6.07) is 0. The summed E-state index contributed by atoms with van der Waals surface area (Å²) in [4.78, 5) is 35.4. The zero-order valence-electron chi connectivity index (χ0n) is 60.5. The Bertz CT molecular complexity index is 1950. The summed E-state index contributed by atoms with van der Waals surface area (Å²) in [5.74, 6) is -0.821. The minimum Gasteiger partial charge on any atom is -0.462 e. The highest BCUT2D eigenvalue weighted by Gasteiger charge is 2.26. The molecule has 0 rings (SSSR count). The van der Waals surface area contributed by atoms with E-state index >= 15 is 0 Å². The Balaban J connectivity index is 3.86. The number of phosphoric ester groups is 1. The van der Waals surface area contributed by atoms with Crippen LogP contribution in [0, 0.1) is 0 Å². The number of unbranched alkanes of at least 4 members (excludes halogenated alkanes) is 40. The highest BCUT2D eigenvalue weighted by atomic mass is 31.2. The number of carbonyl (C=O) groups excluding carboxylic acids is 2. The Morgan fingerprint density at radius 1 is 0.333 bits per heavy atom. The molecule has 0 fully saturated rings. The molecular weight excluding hydrogens is 1170 g/mol. The Labute approximate surface area is 574 Å². The molecule has 2 atom stereocenters. The zero-order valence-corrected chi connectivity index (χ0v) is 61.4. The molecule has 0 aliphatic carbocycles. The Kier molecular flexibility index (Phi) is 74.4. The van der Waals surface area contributed by atoms with E-state index in [0.717, 1.165) is 103 Å². The van der Waals surface area contributed by atoms with Crippen LogP contribution < -0.4 is 5.73 Å². The van der Waals surface area contributed by atoms with Crippen molar-refractivity contribution in [1.82, 2.24) is 0 Å². The second-order valence-electron chi connectivity index (χ2n) is 25.8. The fourth-order valence-electron chi connectivity index (χ4n) is 11.1. The van der Waals surface area contributed by atoms with Gasteiger partial charge in [-0.25, -0.2) is 4.57 Å². The van der Waals surface area contributed by atoms with Gasteiger partial charge in [-0.2, -0.15) is 0 Å². The second-order valence-corrected chi connectivity index (χ2v) is 27.3. The van der Waals surface area contributed by atoms with Crippen molar-refractivity contribution in [3.63, 3.8) is 0 Å². The van der Waals surface area contributed by atoms with Crippen molar-refractivity contribution >= 4 is 19.8 Å². The fourth-order valence-corrected chi connectivity index (χ4v) is 11.9. The standard InChI is InChI=1S/C83H146NO8P/c1-3-5-7-9-11-13-15-17-19-21-23-25-27-29-31-33-35-37-38-39-40-41-42-44-46-48-50-52-54-56-58-60-62-64-66-68-70-72-74-76-83(86)92-81(80-91-93(87,88)90-78-77-84)79-89-82(85)75-73-71-69-67-65-63-61-59-57-55-53-51-49-47-45-43-36-34-32-30-28-26-24-22-20-18-16-14-12-10-8-6-4-2/h5,7,11,13,17,19,22-25,29,31,35,37,39-40,42,44,48,50,81H,3-4,6,8-10,12,14-16,18,20-21,26-28,30,32-34,36,38,41,43,45-47,49,51-80,84H2,1-2H3,(H,87,88)/b7-5-,13-11-,19-17-,24-22-,25-23-,31-29-,37-35-,40-39-,44-42-,50-48-. The first-order valence-electron chi connectivity index (χ1n) is 39.0. The SMILES string of the molecule is CC/C=C\C/C=C\C/C=C\C/C=C\C/C=C\C/C=C\C/C=C\C/C=C\C/C=C\CCCCCCCCCCCCCC(=O)OC(COC(=O)CCCCCCCCCCCCCCCCCCCCCCC/C=C\CCCCCCCCCC)COP(=O)(O)OCCN. The molecule has 0 bridgehead atoms. The van der Waals surface area contributed by atoms with Gasteiger partial charge in [0.1, 0.15) is 6.61 Å². The largest absolute Gasteiger partial charge is 0.472 e. The van der Waals surface area contributed by atoms with E-state index in [1.165, 1.54) is 225 Å². The third-order valence-corrected chi connectivity index (χ3v) is 17.8. The van der Waals surface area contributed by atoms with Crippen LogP contribution in [-0.2, 0) is 32.7 Å². The predicted molar refractivity (Wildman–Crippen MR) is 404 cm³/mol. The van der Waals surface area contributed by atoms with Gasteiger partial charge in [0.2, 0.25) is 0 Å². The van der Waals surface area contributed by atoms with Crippen molar-refractivity contribution < 1.29 is 37.6 Å². The van der Waals surface area contributed by atoms with Crippen molar-refractivity contribution in [1.29, 1.82) is 0 Å². The van der Waals surface area contributed by atoms with Gasteiger partial charge in [-0.05, 0) is 109 Å². The van der Waals surface area contributed by atoms with Crippen LogP contribution >= 0.6 is 7.82 Å². The van der Waals surface area contributed by atoms with E-state index in [0.29, 0.717) is 6.42 Å². The minimum absolute atomic E-state index is 0.0498. The topological polar surface area (TPSA) is 134 Å². The summed E-state index contributed by atoms with van der Waals surface area (Å²) in [5, 5.41) is 0. The highest BCUT2D eigenvalue weighted by molar-refractivity contribution is 7.47. The van der Waals surface area contributed by atoms with Crippen LogP contribution in [0.3, 0.4) is 0 Å². The van der Waals surface area contributed by atoms with Gasteiger partial charge < -0.3 is 20.1 Å². The lowest BCUT2D eigenvalue weighted by Crippen LogP contribution is -2.29. The van der Waals surface area contributed by atoms with E-state index in [-0.39, 0.29) is 38.6 Å². The van der Waals surface area contributed by atoms with Crippen molar-refractivity contribution in [2.24, 2.45) is 5.73 Å². The number of ether oxygens (including phenoxy) is 2. The summed E-state index contributed by atoms with van der Waals surface area (Å²) >= 11 is 0. The van der Waals surface area contributed by atoms with Gasteiger partial charge in [-0.1, -0.05) is 360 Å². The molecule has 0 radical (unpaired) electrons. The molecule has 0 spiro atoms. The molecule has 93 heavy (non-hydrogen) atoms. The van der Waals surface area contributed by atoms with Crippen LogP contribution in [0.15, 0.2) is 122 Å². The first kappa shape index (κ1) is 89.4. The Hall–Kier alpha value is -3.59. The number of phosphoric acid groups is 1. The molecule has 0 aliphatic rings. The summed E-state index contributed by atoms with van der Waals surface area (Å²) < 4.78 is 33.3. The number of esters is 2. The van der Waals surface area contributed by atoms with Crippen LogP contribution in [0.5, 0.6) is 0 Å². The highest BCUT2D eigenvalue weighted by Crippen LogP contribution is 2.43. The van der Waals surface area contributed by atoms with Crippen molar-refractivity contribution in [2.45, 2.75) is 367 Å². The minimum atomic E-state index is -4.40. The van der Waals surface area contributed by atoms with E-state index < -0.39 is 26.5 Å². The third kappa shape index (κ3) is 77.3. The third-order valence-electron chi connectivity index (χ3n) is 16.8. The van der Waals surface area contributed by atoms with Gasteiger partial charge in [0.15, 0.2) is 6.10 Å². The molecule has 9 nitrogen and oxygen atoms in total. The summed E-state index contributed by atoms with van der Waals surface area (Å²) in [6.45, 7) is 3.67. The molecule has 0 aliphatic heterocycles. The molecule has 0 aromatic carbocycles. The molecule has 2 unspecified atom stereocenters. The molecule has 0 saturated heterocycles. The van der Waals surface area contributed by atoms with Gasteiger partial charge in [0, 0.05) is 19.4 Å². The van der Waals surface area contributed by atoms with Gasteiger partial charge in [-0.3, -0.25) is 18.6 Å². The van der Waals surface area contributed by atoms with Gasteiger partial charge in [0.25, 0.3) is 0 Å². The summed E-state index contributed by atoms with van der Waals surface area (Å²) in [6.07, 6.45) is 109. The van der Waals surface area contributed by atoms with E-state index in [2.05, 4.69) is 135 Å². The first-order valence-corrected chi connectivity index (χ1v) is 40.5. The second kappa shape index (κ2) is 77.4. The van der Waals surface area contributed by atoms with Crippen molar-refractivity contribution in [3.8, 4) is 0 Å². The predicted octanol–water partition coefficient (Wildman–Crippen LogP) is 26.2. The molecular formula is C83H146NO8P. The average Bonchev–Trinajstić information content (AvgIpc) is 3.60. The van der Waals surface area contributed by atoms with Crippen LogP contribution in [0.4, 0.5) is 0 Å². The van der Waals surface area contributed by atoms with E-state index in [9.17, 15) is 19.0 Å². The molecule has 536 valence electrons. The lowest BCUT2D eigenvalue weighted by Gasteiger charge is -2.19. The maximum atomic E-state index is 12.8. The quantitative estimate of drug-likeness (QED) is 0.0264. The monoisotopic (exact) mass is 1320 g/mol. The smallest absolute Gasteiger partial charge is 0.462 e.